The first-order valence-corrected chi connectivity index (χ1v) is 9.77. The van der Waals surface area contributed by atoms with Crippen LogP contribution in [0.5, 0.6) is 0 Å². The molecule has 1 aromatic heterocycles. The highest BCUT2D eigenvalue weighted by Crippen LogP contribution is 2.32. The molecule has 134 valence electrons. The molecule has 0 bridgehead atoms. The van der Waals surface area contributed by atoms with Crippen LogP contribution >= 0.6 is 11.6 Å². The summed E-state index contributed by atoms with van der Waals surface area (Å²) in [6.07, 6.45) is 12.2. The number of halogens is 1. The van der Waals surface area contributed by atoms with Gasteiger partial charge in [-0.3, -0.25) is 4.79 Å². The standard InChI is InChI=1S/C19H24ClN3O2/c20-16-9-3-7-14(11-16)17-21-18(25-22-17)15-8-4-10-23(12-15)19(24)13-5-1-2-6-13/h9,11,13,15H,1-8,10,12H2. The molecule has 1 aliphatic heterocycles. The smallest absolute Gasteiger partial charge is 0.231 e. The van der Waals surface area contributed by atoms with Gasteiger partial charge in [0.2, 0.25) is 11.8 Å². The van der Waals surface area contributed by atoms with Gasteiger partial charge in [-0.15, -0.1) is 0 Å². The molecule has 1 saturated heterocycles. The number of nitrogens with zero attached hydrogens (tertiary/aromatic N) is 3. The lowest BCUT2D eigenvalue weighted by Crippen LogP contribution is -2.41. The van der Waals surface area contributed by atoms with Gasteiger partial charge in [-0.1, -0.05) is 35.7 Å². The number of carbonyl (C=O) groups is 1. The van der Waals surface area contributed by atoms with Crippen molar-refractivity contribution in [3.8, 4) is 0 Å². The molecule has 0 radical (unpaired) electrons. The molecule has 0 aromatic carbocycles. The summed E-state index contributed by atoms with van der Waals surface area (Å²) in [5.74, 6) is 2.01. The Labute approximate surface area is 153 Å². The van der Waals surface area contributed by atoms with Gasteiger partial charge in [0.05, 0.1) is 5.92 Å². The van der Waals surface area contributed by atoms with Crippen molar-refractivity contribution in [1.29, 1.82) is 0 Å². The van der Waals surface area contributed by atoms with E-state index in [0.717, 1.165) is 55.7 Å². The summed E-state index contributed by atoms with van der Waals surface area (Å²) in [5.41, 5.74) is 1.03. The lowest BCUT2D eigenvalue weighted by molar-refractivity contribution is -0.136. The van der Waals surface area contributed by atoms with Crippen LogP contribution in [-0.4, -0.2) is 34.0 Å². The highest BCUT2D eigenvalue weighted by Gasteiger charge is 2.33. The van der Waals surface area contributed by atoms with Gasteiger partial charge < -0.3 is 9.42 Å². The highest BCUT2D eigenvalue weighted by atomic mass is 35.5. The van der Waals surface area contributed by atoms with Gasteiger partial charge in [-0.05, 0) is 44.6 Å². The van der Waals surface area contributed by atoms with Gasteiger partial charge in [0.15, 0.2) is 5.82 Å². The van der Waals surface area contributed by atoms with Crippen molar-refractivity contribution < 1.29 is 9.32 Å². The van der Waals surface area contributed by atoms with Crippen molar-refractivity contribution in [3.63, 3.8) is 0 Å². The predicted octanol–water partition coefficient (Wildman–Crippen LogP) is 4.27. The first kappa shape index (κ1) is 16.8. The minimum absolute atomic E-state index is 0.149. The normalized spacial score (nSPS) is 25.0. The van der Waals surface area contributed by atoms with E-state index in [1.807, 2.05) is 17.1 Å². The van der Waals surface area contributed by atoms with E-state index in [-0.39, 0.29) is 11.8 Å². The summed E-state index contributed by atoms with van der Waals surface area (Å²) < 4.78 is 5.54. The molecule has 2 heterocycles. The third-order valence-electron chi connectivity index (χ3n) is 5.58. The number of likely N-dealkylation sites (tertiary alicyclic amines) is 1. The van der Waals surface area contributed by atoms with Gasteiger partial charge in [-0.2, -0.15) is 4.98 Å². The van der Waals surface area contributed by atoms with Crippen LogP contribution in [0, 0.1) is 5.92 Å². The van der Waals surface area contributed by atoms with Crippen LogP contribution in [0.2, 0.25) is 0 Å². The van der Waals surface area contributed by atoms with E-state index in [9.17, 15) is 4.79 Å². The monoisotopic (exact) mass is 361 g/mol. The molecule has 0 spiro atoms. The van der Waals surface area contributed by atoms with Crippen LogP contribution in [0.25, 0.3) is 5.57 Å². The van der Waals surface area contributed by atoms with E-state index < -0.39 is 0 Å². The maximum atomic E-state index is 12.7. The van der Waals surface area contributed by atoms with E-state index in [0.29, 0.717) is 24.2 Å². The predicted molar refractivity (Wildman–Crippen MR) is 96.0 cm³/mol. The molecule has 1 saturated carbocycles. The minimum atomic E-state index is 0.149. The third kappa shape index (κ3) is 3.66. The fraction of sp³-hybridized carbons (Fsp3) is 0.632. The van der Waals surface area contributed by atoms with Crippen molar-refractivity contribution in [2.75, 3.05) is 13.1 Å². The molecule has 1 unspecified atom stereocenters. The number of amides is 1. The van der Waals surface area contributed by atoms with Gasteiger partial charge in [-0.25, -0.2) is 0 Å². The van der Waals surface area contributed by atoms with Crippen LogP contribution in [0.4, 0.5) is 0 Å². The van der Waals surface area contributed by atoms with Crippen molar-refractivity contribution in [1.82, 2.24) is 15.0 Å². The van der Waals surface area contributed by atoms with E-state index >= 15 is 0 Å². The quantitative estimate of drug-likeness (QED) is 0.806. The van der Waals surface area contributed by atoms with Crippen LogP contribution in [0.1, 0.15) is 69.0 Å². The molecule has 2 fully saturated rings. The summed E-state index contributed by atoms with van der Waals surface area (Å²) in [6, 6.07) is 0. The van der Waals surface area contributed by atoms with E-state index in [2.05, 4.69) is 10.1 Å². The Kier molecular flexibility index (Phi) is 4.93. The van der Waals surface area contributed by atoms with Gasteiger partial charge in [0, 0.05) is 29.6 Å². The molecule has 3 aliphatic rings. The lowest BCUT2D eigenvalue weighted by Gasteiger charge is -2.32. The van der Waals surface area contributed by atoms with Crippen molar-refractivity contribution in [2.24, 2.45) is 5.92 Å². The number of allylic oxidation sites excluding steroid dienone is 4. The number of rotatable bonds is 3. The van der Waals surface area contributed by atoms with Crippen LogP contribution < -0.4 is 0 Å². The van der Waals surface area contributed by atoms with Crippen LogP contribution in [-0.2, 0) is 4.79 Å². The Morgan fingerprint density at radius 2 is 2.08 bits per heavy atom. The summed E-state index contributed by atoms with van der Waals surface area (Å²) >= 11 is 6.09. The van der Waals surface area contributed by atoms with Crippen molar-refractivity contribution >= 4 is 23.1 Å². The molecule has 6 heteroatoms. The first-order valence-electron chi connectivity index (χ1n) is 9.39. The minimum Gasteiger partial charge on any atom is -0.342 e. The molecule has 25 heavy (non-hydrogen) atoms. The molecule has 2 aliphatic carbocycles. The molecule has 5 nitrogen and oxygen atoms in total. The van der Waals surface area contributed by atoms with Gasteiger partial charge in [0.1, 0.15) is 0 Å². The van der Waals surface area contributed by atoms with Crippen molar-refractivity contribution in [3.05, 3.63) is 28.9 Å². The summed E-state index contributed by atoms with van der Waals surface area (Å²) in [6.45, 7) is 1.56. The maximum Gasteiger partial charge on any atom is 0.231 e. The first-order chi connectivity index (χ1) is 12.2. The molecular formula is C19H24ClN3O2. The molecule has 1 aromatic rings. The summed E-state index contributed by atoms with van der Waals surface area (Å²) in [5, 5.41) is 4.89. The van der Waals surface area contributed by atoms with Gasteiger partial charge >= 0.3 is 0 Å². The second-order valence-electron chi connectivity index (χ2n) is 7.36. The Bertz CT molecular complexity index is 703. The molecule has 1 amide bonds. The SMILES string of the molecule is O=C(C1CCCC1)N1CCCC(c2nc(C3=CC(Cl)=CCC3)no2)C1. The number of hydrogen-bond acceptors (Lipinski definition) is 4. The molecular weight excluding hydrogens is 338 g/mol. The fourth-order valence-electron chi connectivity index (χ4n) is 4.18. The Balaban J connectivity index is 1.45. The number of hydrogen-bond donors (Lipinski definition) is 0. The second-order valence-corrected chi connectivity index (χ2v) is 7.79. The number of carbonyl (C=O) groups excluding carboxylic acids is 1. The Morgan fingerprint density at radius 1 is 1.24 bits per heavy atom. The lowest BCUT2D eigenvalue weighted by atomic mass is 9.96. The van der Waals surface area contributed by atoms with Crippen LogP contribution in [0.15, 0.2) is 21.7 Å². The largest absolute Gasteiger partial charge is 0.342 e. The summed E-state index contributed by atoms with van der Waals surface area (Å²) in [7, 11) is 0. The zero-order valence-electron chi connectivity index (χ0n) is 14.4. The average Bonchev–Trinajstić information content (AvgIpc) is 3.33. The van der Waals surface area contributed by atoms with Crippen LogP contribution in [0.3, 0.4) is 0 Å². The fourth-order valence-corrected chi connectivity index (χ4v) is 4.42. The maximum absolute atomic E-state index is 12.7. The van der Waals surface area contributed by atoms with E-state index in [1.165, 1.54) is 12.8 Å². The van der Waals surface area contributed by atoms with Crippen molar-refractivity contribution in [2.45, 2.75) is 57.3 Å². The zero-order chi connectivity index (χ0) is 17.2. The second kappa shape index (κ2) is 7.32. The van der Waals surface area contributed by atoms with E-state index in [1.54, 1.807) is 0 Å². The zero-order valence-corrected chi connectivity index (χ0v) is 15.2. The molecule has 4 rings (SSSR count). The topological polar surface area (TPSA) is 59.2 Å². The summed E-state index contributed by atoms with van der Waals surface area (Å²) in [4.78, 5) is 19.3. The number of piperidine rings is 1. The Hall–Kier alpha value is -1.62. The average molecular weight is 362 g/mol. The highest BCUT2D eigenvalue weighted by molar-refractivity contribution is 6.31. The third-order valence-corrected chi connectivity index (χ3v) is 5.84. The Morgan fingerprint density at radius 3 is 2.88 bits per heavy atom. The van der Waals surface area contributed by atoms with E-state index in [4.69, 9.17) is 16.1 Å². The van der Waals surface area contributed by atoms with Gasteiger partial charge in [0.25, 0.3) is 0 Å². The molecule has 0 N–H and O–H groups in total. The molecule has 1 atom stereocenters. The number of aromatic nitrogens is 2.